The zero-order valence-electron chi connectivity index (χ0n) is 8.71. The van der Waals surface area contributed by atoms with Gasteiger partial charge in [0.15, 0.2) is 5.03 Å². The van der Waals surface area contributed by atoms with E-state index in [1.165, 1.54) is 18.2 Å². The molecule has 0 saturated heterocycles. The molecule has 5 nitrogen and oxygen atoms in total. The van der Waals surface area contributed by atoms with Crippen LogP contribution in [0, 0.1) is 17.1 Å². The van der Waals surface area contributed by atoms with Gasteiger partial charge in [-0.05, 0) is 18.2 Å². The zero-order valence-corrected chi connectivity index (χ0v) is 10.3. The minimum Gasteiger partial charge on any atom is -0.219 e. The monoisotopic (exact) mass is 285 g/mol. The Hall–Kier alpha value is -1.91. The number of benzene rings is 1. The SMILES string of the molecule is N#Cc1cnn(-c2cccc(F)c2)c1S(=O)(=O)Cl. The Kier molecular flexibility index (Phi) is 3.07. The minimum atomic E-state index is -4.17. The summed E-state index contributed by atoms with van der Waals surface area (Å²) >= 11 is 0. The fourth-order valence-corrected chi connectivity index (χ4v) is 2.61. The molecular formula is C10H5ClFN3O2S. The Balaban J connectivity index is 2.75. The summed E-state index contributed by atoms with van der Waals surface area (Å²) in [6.07, 6.45) is 1.06. The van der Waals surface area contributed by atoms with E-state index in [4.69, 9.17) is 15.9 Å². The molecule has 0 spiro atoms. The van der Waals surface area contributed by atoms with Gasteiger partial charge in [-0.1, -0.05) is 6.07 Å². The van der Waals surface area contributed by atoms with Gasteiger partial charge in [0.05, 0.1) is 11.9 Å². The number of hydrogen-bond acceptors (Lipinski definition) is 4. The first-order chi connectivity index (χ1) is 8.43. The van der Waals surface area contributed by atoms with Gasteiger partial charge in [-0.3, -0.25) is 0 Å². The molecule has 0 atom stereocenters. The molecule has 2 rings (SSSR count). The quantitative estimate of drug-likeness (QED) is 0.789. The summed E-state index contributed by atoms with van der Waals surface area (Å²) in [5, 5.41) is 12.1. The van der Waals surface area contributed by atoms with E-state index in [1.54, 1.807) is 6.07 Å². The van der Waals surface area contributed by atoms with Crippen molar-refractivity contribution in [1.29, 1.82) is 5.26 Å². The van der Waals surface area contributed by atoms with Gasteiger partial charge < -0.3 is 0 Å². The molecule has 2 aromatic rings. The third-order valence-corrected chi connectivity index (χ3v) is 3.42. The lowest BCUT2D eigenvalue weighted by Gasteiger charge is -2.04. The van der Waals surface area contributed by atoms with E-state index in [9.17, 15) is 12.8 Å². The molecule has 1 aromatic carbocycles. The molecule has 0 aliphatic heterocycles. The summed E-state index contributed by atoms with van der Waals surface area (Å²) in [7, 11) is 1.08. The Morgan fingerprint density at radius 2 is 2.17 bits per heavy atom. The molecule has 0 unspecified atom stereocenters. The van der Waals surface area contributed by atoms with Crippen LogP contribution < -0.4 is 0 Å². The molecule has 0 amide bonds. The van der Waals surface area contributed by atoms with Gasteiger partial charge in [0, 0.05) is 10.7 Å². The highest BCUT2D eigenvalue weighted by Gasteiger charge is 2.23. The third-order valence-electron chi connectivity index (χ3n) is 2.13. The van der Waals surface area contributed by atoms with Crippen molar-refractivity contribution in [1.82, 2.24) is 9.78 Å². The van der Waals surface area contributed by atoms with Crippen LogP contribution in [0.25, 0.3) is 5.69 Å². The van der Waals surface area contributed by atoms with Crippen molar-refractivity contribution < 1.29 is 12.8 Å². The second kappa shape index (κ2) is 4.40. The van der Waals surface area contributed by atoms with E-state index in [1.807, 2.05) is 0 Å². The molecule has 1 aromatic heterocycles. The Morgan fingerprint density at radius 3 is 2.72 bits per heavy atom. The number of rotatable bonds is 2. The van der Waals surface area contributed by atoms with Crippen molar-refractivity contribution in [3.63, 3.8) is 0 Å². The topological polar surface area (TPSA) is 75.8 Å². The maximum absolute atomic E-state index is 13.1. The zero-order chi connectivity index (χ0) is 13.3. The van der Waals surface area contributed by atoms with Crippen LogP contribution in [0.5, 0.6) is 0 Å². The molecule has 0 N–H and O–H groups in total. The first-order valence-electron chi connectivity index (χ1n) is 4.62. The second-order valence-corrected chi connectivity index (χ2v) is 5.79. The van der Waals surface area contributed by atoms with Crippen LogP contribution in [0.4, 0.5) is 4.39 Å². The van der Waals surface area contributed by atoms with E-state index >= 15 is 0 Å². The van der Waals surface area contributed by atoms with Gasteiger partial charge in [-0.15, -0.1) is 0 Å². The van der Waals surface area contributed by atoms with E-state index in [2.05, 4.69) is 5.10 Å². The van der Waals surface area contributed by atoms with Gasteiger partial charge in [-0.2, -0.15) is 10.4 Å². The molecule has 18 heavy (non-hydrogen) atoms. The van der Waals surface area contributed by atoms with Gasteiger partial charge in [-0.25, -0.2) is 17.5 Å². The largest absolute Gasteiger partial charge is 0.280 e. The molecule has 1 heterocycles. The highest BCUT2D eigenvalue weighted by atomic mass is 35.7. The summed E-state index contributed by atoms with van der Waals surface area (Å²) in [6.45, 7) is 0. The van der Waals surface area contributed by atoms with Crippen LogP contribution in [0.15, 0.2) is 35.5 Å². The van der Waals surface area contributed by atoms with Crippen LogP contribution in [-0.4, -0.2) is 18.2 Å². The highest BCUT2D eigenvalue weighted by Crippen LogP contribution is 2.23. The van der Waals surface area contributed by atoms with Crippen molar-refractivity contribution in [3.8, 4) is 11.8 Å². The normalized spacial score (nSPS) is 11.2. The van der Waals surface area contributed by atoms with Crippen molar-refractivity contribution in [2.45, 2.75) is 5.03 Å². The highest BCUT2D eigenvalue weighted by molar-refractivity contribution is 8.13. The van der Waals surface area contributed by atoms with Crippen molar-refractivity contribution in [2.75, 3.05) is 0 Å². The van der Waals surface area contributed by atoms with Gasteiger partial charge >= 0.3 is 0 Å². The number of halogens is 2. The Morgan fingerprint density at radius 1 is 1.44 bits per heavy atom. The van der Waals surface area contributed by atoms with Crippen LogP contribution in [0.3, 0.4) is 0 Å². The molecule has 0 aliphatic rings. The molecule has 0 radical (unpaired) electrons. The van der Waals surface area contributed by atoms with E-state index in [-0.39, 0.29) is 11.3 Å². The lowest BCUT2D eigenvalue weighted by Crippen LogP contribution is -2.06. The summed E-state index contributed by atoms with van der Waals surface area (Å²) in [5.41, 5.74) is -0.0370. The molecule has 92 valence electrons. The van der Waals surface area contributed by atoms with Crippen LogP contribution in [0.1, 0.15) is 5.56 Å². The Labute approximate surface area is 106 Å². The molecule has 8 heteroatoms. The second-order valence-electron chi connectivity index (χ2n) is 3.30. The average molecular weight is 286 g/mol. The molecular weight excluding hydrogens is 281 g/mol. The van der Waals surface area contributed by atoms with Crippen LogP contribution >= 0.6 is 10.7 Å². The molecule has 0 fully saturated rings. The van der Waals surface area contributed by atoms with Gasteiger partial charge in [0.2, 0.25) is 0 Å². The summed E-state index contributed by atoms with van der Waals surface area (Å²) in [5.74, 6) is -0.556. The van der Waals surface area contributed by atoms with Crippen molar-refractivity contribution in [3.05, 3.63) is 41.8 Å². The third kappa shape index (κ3) is 2.20. The Bertz CT molecular complexity index is 749. The van der Waals surface area contributed by atoms with E-state index in [0.717, 1.165) is 16.9 Å². The number of nitriles is 1. The first kappa shape index (κ1) is 12.5. The number of nitrogens with zero attached hydrogens (tertiary/aromatic N) is 3. The first-order valence-corrected chi connectivity index (χ1v) is 6.93. The van der Waals surface area contributed by atoms with Gasteiger partial charge in [0.1, 0.15) is 17.4 Å². The van der Waals surface area contributed by atoms with E-state index in [0.29, 0.717) is 0 Å². The molecule has 0 bridgehead atoms. The van der Waals surface area contributed by atoms with Crippen molar-refractivity contribution >= 4 is 19.7 Å². The summed E-state index contributed by atoms with van der Waals surface area (Å²) in [6, 6.07) is 6.79. The fourth-order valence-electron chi connectivity index (χ4n) is 1.44. The van der Waals surface area contributed by atoms with E-state index < -0.39 is 19.9 Å². The molecule has 0 aliphatic carbocycles. The number of hydrogen-bond donors (Lipinski definition) is 0. The maximum atomic E-state index is 13.1. The lowest BCUT2D eigenvalue weighted by molar-refractivity contribution is 0.597. The standard InChI is InChI=1S/C10H5ClFN3O2S/c11-18(16,17)10-7(5-13)6-14-15(10)9-3-1-2-8(12)4-9/h1-4,6H. The lowest BCUT2D eigenvalue weighted by atomic mass is 10.3. The smallest absolute Gasteiger partial charge is 0.219 e. The number of aromatic nitrogens is 2. The van der Waals surface area contributed by atoms with Crippen LogP contribution in [-0.2, 0) is 9.05 Å². The fraction of sp³-hybridized carbons (Fsp3) is 0. The minimum absolute atomic E-state index is 0.163. The van der Waals surface area contributed by atoms with Crippen LogP contribution in [0.2, 0.25) is 0 Å². The van der Waals surface area contributed by atoms with Gasteiger partial charge in [0.25, 0.3) is 9.05 Å². The molecule has 0 saturated carbocycles. The average Bonchev–Trinajstić information content (AvgIpc) is 2.72. The predicted octanol–water partition coefficient (Wildman–Crippen LogP) is 1.81. The van der Waals surface area contributed by atoms with Crippen molar-refractivity contribution in [2.24, 2.45) is 0 Å². The summed E-state index contributed by atoms with van der Waals surface area (Å²) < 4.78 is 36.8. The predicted molar refractivity (Wildman–Crippen MR) is 61.3 cm³/mol. The summed E-state index contributed by atoms with van der Waals surface area (Å²) in [4.78, 5) is 0. The maximum Gasteiger partial charge on any atom is 0.280 e.